The molecule has 8 nitrogen and oxygen atoms in total. The largest absolute Gasteiger partial charge is 0.481 e. The van der Waals surface area contributed by atoms with Gasteiger partial charge in [-0.05, 0) is 13.8 Å². The molecule has 0 fully saturated rings. The van der Waals surface area contributed by atoms with Gasteiger partial charge in [0.1, 0.15) is 0 Å². The fourth-order valence-electron chi connectivity index (χ4n) is 1.89. The normalized spacial score (nSPS) is 12.1. The Labute approximate surface area is 122 Å². The Morgan fingerprint density at radius 1 is 1.38 bits per heavy atom. The van der Waals surface area contributed by atoms with Crippen LogP contribution < -0.4 is 4.72 Å². The highest BCUT2D eigenvalue weighted by molar-refractivity contribution is 7.88. The van der Waals surface area contributed by atoms with Gasteiger partial charge in [0.25, 0.3) is 5.69 Å². The Kier molecular flexibility index (Phi) is 5.02. The number of rotatable bonds is 7. The van der Waals surface area contributed by atoms with Crippen LogP contribution in [0.3, 0.4) is 0 Å². The number of aliphatic carboxylic acids is 1. The highest BCUT2D eigenvalue weighted by Gasteiger charge is 2.29. The van der Waals surface area contributed by atoms with Crippen LogP contribution in [0.25, 0.3) is 0 Å². The van der Waals surface area contributed by atoms with Gasteiger partial charge in [-0.3, -0.25) is 14.9 Å². The molecule has 0 aliphatic carbocycles. The lowest BCUT2D eigenvalue weighted by atomic mass is 10.0. The van der Waals surface area contributed by atoms with E-state index in [-0.39, 0.29) is 11.3 Å². The average Bonchev–Trinajstić information content (AvgIpc) is 2.24. The van der Waals surface area contributed by atoms with Crippen molar-refractivity contribution < 1.29 is 23.2 Å². The van der Waals surface area contributed by atoms with Crippen molar-refractivity contribution in [2.45, 2.75) is 31.6 Å². The number of nitro groups is 1. The minimum atomic E-state index is -3.91. The van der Waals surface area contributed by atoms with E-state index in [2.05, 4.69) is 4.72 Å². The summed E-state index contributed by atoms with van der Waals surface area (Å²) < 4.78 is 26.3. The quantitative estimate of drug-likeness (QED) is 0.576. The van der Waals surface area contributed by atoms with E-state index >= 15 is 0 Å². The summed E-state index contributed by atoms with van der Waals surface area (Å²) in [5, 5.41) is 19.6. The molecule has 0 saturated heterocycles. The molecule has 1 rings (SSSR count). The van der Waals surface area contributed by atoms with Crippen LogP contribution in [-0.4, -0.2) is 30.0 Å². The minimum Gasteiger partial charge on any atom is -0.481 e. The second-order valence-corrected chi connectivity index (χ2v) is 6.92. The number of sulfonamides is 1. The van der Waals surface area contributed by atoms with Gasteiger partial charge in [-0.25, -0.2) is 13.1 Å². The van der Waals surface area contributed by atoms with E-state index in [1.54, 1.807) is 0 Å². The van der Waals surface area contributed by atoms with Gasteiger partial charge >= 0.3 is 5.97 Å². The summed E-state index contributed by atoms with van der Waals surface area (Å²) in [6.07, 6.45) is -0.400. The number of nitrogens with one attached hydrogen (secondary N) is 1. The summed E-state index contributed by atoms with van der Waals surface area (Å²) in [6, 6.07) is 5.51. The Balaban J connectivity index is 2.96. The van der Waals surface area contributed by atoms with Crippen LogP contribution in [0, 0.1) is 10.1 Å². The lowest BCUT2D eigenvalue weighted by Crippen LogP contribution is -2.45. The molecule has 0 atom stereocenters. The summed E-state index contributed by atoms with van der Waals surface area (Å²) in [5.41, 5.74) is -1.44. The molecule has 1 aromatic rings. The zero-order valence-electron chi connectivity index (χ0n) is 11.6. The molecule has 116 valence electrons. The summed E-state index contributed by atoms with van der Waals surface area (Å²) in [6.45, 7) is 2.86. The molecule has 0 saturated carbocycles. The predicted octanol–water partition coefficient (Wildman–Crippen LogP) is 1.27. The molecule has 0 heterocycles. The first-order valence-corrected chi connectivity index (χ1v) is 7.63. The summed E-state index contributed by atoms with van der Waals surface area (Å²) in [4.78, 5) is 20.9. The number of para-hydroxylation sites is 1. The number of carbonyl (C=O) groups is 1. The third kappa shape index (κ3) is 5.48. The minimum absolute atomic E-state index is 0.0427. The molecule has 9 heteroatoms. The van der Waals surface area contributed by atoms with Gasteiger partial charge in [-0.2, -0.15) is 0 Å². The van der Waals surface area contributed by atoms with Crippen LogP contribution in [0.2, 0.25) is 0 Å². The molecule has 1 aromatic carbocycles. The summed E-state index contributed by atoms with van der Waals surface area (Å²) in [7, 11) is -3.91. The van der Waals surface area contributed by atoms with Crippen molar-refractivity contribution in [3.05, 3.63) is 39.9 Å². The van der Waals surface area contributed by atoms with Gasteiger partial charge in [-0.15, -0.1) is 0 Å². The number of benzene rings is 1. The maximum absolute atomic E-state index is 12.0. The topological polar surface area (TPSA) is 127 Å². The standard InChI is InChI=1S/C12H16N2O6S/c1-12(2,7-11(15)16)13-21(19,20)8-9-5-3-4-6-10(9)14(17)18/h3-6,13H,7-8H2,1-2H3,(H,15,16). The molecule has 0 radical (unpaired) electrons. The van der Waals surface area contributed by atoms with Gasteiger partial charge in [0.15, 0.2) is 0 Å². The van der Waals surface area contributed by atoms with E-state index in [0.717, 1.165) is 0 Å². The third-order valence-corrected chi connectivity index (χ3v) is 4.11. The van der Waals surface area contributed by atoms with Gasteiger partial charge in [0, 0.05) is 17.2 Å². The van der Waals surface area contributed by atoms with Gasteiger partial charge in [0.2, 0.25) is 10.0 Å². The van der Waals surface area contributed by atoms with Crippen molar-refractivity contribution in [1.29, 1.82) is 0 Å². The van der Waals surface area contributed by atoms with Gasteiger partial charge in [0.05, 0.1) is 17.1 Å². The molecule has 0 unspecified atom stereocenters. The molecule has 0 bridgehead atoms. The maximum Gasteiger partial charge on any atom is 0.305 e. The van der Waals surface area contributed by atoms with Crippen molar-refractivity contribution in [2.24, 2.45) is 0 Å². The Morgan fingerprint density at radius 3 is 2.48 bits per heavy atom. The number of carboxylic acid groups (broad SMARTS) is 1. The number of carboxylic acids is 1. The van der Waals surface area contributed by atoms with Crippen LogP contribution in [0.1, 0.15) is 25.8 Å². The van der Waals surface area contributed by atoms with Crippen molar-refractivity contribution in [3.63, 3.8) is 0 Å². The molecule has 0 aliphatic rings. The molecule has 21 heavy (non-hydrogen) atoms. The first-order chi connectivity index (χ1) is 9.52. The fourth-order valence-corrected chi connectivity index (χ4v) is 3.53. The zero-order valence-corrected chi connectivity index (χ0v) is 12.4. The molecular weight excluding hydrogens is 300 g/mol. The summed E-state index contributed by atoms with van der Waals surface area (Å²) >= 11 is 0. The lowest BCUT2D eigenvalue weighted by Gasteiger charge is -2.23. The van der Waals surface area contributed by atoms with Gasteiger partial charge < -0.3 is 5.11 Å². The Morgan fingerprint density at radius 2 is 1.95 bits per heavy atom. The van der Waals surface area contributed by atoms with Crippen molar-refractivity contribution in [3.8, 4) is 0 Å². The average molecular weight is 316 g/mol. The number of hydrogen-bond donors (Lipinski definition) is 2. The summed E-state index contributed by atoms with van der Waals surface area (Å²) in [5.74, 6) is -1.74. The highest BCUT2D eigenvalue weighted by atomic mass is 32.2. The van der Waals surface area contributed by atoms with Crippen LogP contribution in [0.15, 0.2) is 24.3 Å². The molecule has 0 amide bonds. The molecular formula is C12H16N2O6S. The first-order valence-electron chi connectivity index (χ1n) is 5.98. The zero-order chi connectivity index (χ0) is 16.3. The molecule has 0 aromatic heterocycles. The Bertz CT molecular complexity index is 653. The van der Waals surface area contributed by atoms with E-state index in [0.29, 0.717) is 0 Å². The highest BCUT2D eigenvalue weighted by Crippen LogP contribution is 2.21. The van der Waals surface area contributed by atoms with Crippen LogP contribution in [0.4, 0.5) is 5.69 Å². The second-order valence-electron chi connectivity index (χ2n) is 5.20. The van der Waals surface area contributed by atoms with E-state index in [4.69, 9.17) is 5.11 Å². The van der Waals surface area contributed by atoms with Crippen LogP contribution >= 0.6 is 0 Å². The van der Waals surface area contributed by atoms with Gasteiger partial charge in [-0.1, -0.05) is 18.2 Å². The van der Waals surface area contributed by atoms with Crippen LogP contribution in [0.5, 0.6) is 0 Å². The SMILES string of the molecule is CC(C)(CC(=O)O)NS(=O)(=O)Cc1ccccc1[N+](=O)[O-]. The molecule has 2 N–H and O–H groups in total. The third-order valence-electron chi connectivity index (χ3n) is 2.56. The predicted molar refractivity (Wildman–Crippen MR) is 75.2 cm³/mol. The fraction of sp³-hybridized carbons (Fsp3) is 0.417. The van der Waals surface area contributed by atoms with Crippen molar-refractivity contribution >= 4 is 21.7 Å². The molecule has 0 spiro atoms. The lowest BCUT2D eigenvalue weighted by molar-refractivity contribution is -0.385. The number of nitrogens with zero attached hydrogens (tertiary/aromatic N) is 1. The number of hydrogen-bond acceptors (Lipinski definition) is 5. The monoisotopic (exact) mass is 316 g/mol. The second kappa shape index (κ2) is 6.19. The van der Waals surface area contributed by atoms with E-state index in [9.17, 15) is 23.3 Å². The molecule has 0 aliphatic heterocycles. The maximum atomic E-state index is 12.0. The van der Waals surface area contributed by atoms with Crippen molar-refractivity contribution in [2.75, 3.05) is 0 Å². The first kappa shape index (κ1) is 17.1. The number of nitro benzene ring substituents is 1. The van der Waals surface area contributed by atoms with E-state index < -0.39 is 38.6 Å². The van der Waals surface area contributed by atoms with Crippen LogP contribution in [-0.2, 0) is 20.6 Å². The van der Waals surface area contributed by atoms with Crippen molar-refractivity contribution in [1.82, 2.24) is 4.72 Å². The van der Waals surface area contributed by atoms with E-state index in [1.165, 1.54) is 38.1 Å². The van der Waals surface area contributed by atoms with E-state index in [1.807, 2.05) is 0 Å². The smallest absolute Gasteiger partial charge is 0.305 e. The Hall–Kier alpha value is -2.00.